The van der Waals surface area contributed by atoms with Crippen molar-refractivity contribution in [2.24, 2.45) is 0 Å². The lowest BCUT2D eigenvalue weighted by atomic mass is 10.1. The number of rotatable bonds is 6. The molecule has 0 radical (unpaired) electrons. The number of benzene rings is 3. The third-order valence-corrected chi connectivity index (χ3v) is 5.71. The van der Waals surface area contributed by atoms with Crippen LogP contribution in [0, 0.1) is 6.92 Å². The summed E-state index contributed by atoms with van der Waals surface area (Å²) in [5, 5.41) is 3.34. The Morgan fingerprint density at radius 3 is 2.56 bits per heavy atom. The van der Waals surface area contributed by atoms with Gasteiger partial charge in [0.15, 0.2) is 0 Å². The molecule has 4 rings (SSSR count). The van der Waals surface area contributed by atoms with Crippen LogP contribution >= 0.6 is 27.5 Å². The predicted octanol–water partition coefficient (Wildman–Crippen LogP) is 6.08. The molecular formula is C25H20BrClN2O3. The molecule has 0 spiro atoms. The monoisotopic (exact) mass is 510 g/mol. The minimum Gasteiger partial charge on any atom is -0.488 e. The summed E-state index contributed by atoms with van der Waals surface area (Å²) in [4.78, 5) is 26.6. The van der Waals surface area contributed by atoms with Crippen molar-refractivity contribution in [2.45, 2.75) is 20.1 Å². The van der Waals surface area contributed by atoms with Gasteiger partial charge >= 0.3 is 6.03 Å². The highest BCUT2D eigenvalue weighted by molar-refractivity contribution is 9.10. The van der Waals surface area contributed by atoms with Gasteiger partial charge in [0.2, 0.25) is 0 Å². The molecule has 1 N–H and O–H groups in total. The Labute approximate surface area is 199 Å². The Hall–Kier alpha value is -3.09. The van der Waals surface area contributed by atoms with Crippen LogP contribution in [0.1, 0.15) is 22.3 Å². The maximum atomic E-state index is 12.9. The minimum absolute atomic E-state index is 0.206. The van der Waals surface area contributed by atoms with Crippen molar-refractivity contribution >= 4 is 45.5 Å². The molecule has 1 aliphatic heterocycles. The third kappa shape index (κ3) is 5.21. The first-order chi connectivity index (χ1) is 15.4. The first-order valence-corrected chi connectivity index (χ1v) is 11.1. The number of hydrogen-bond donors (Lipinski definition) is 1. The lowest BCUT2D eigenvalue weighted by Gasteiger charge is -2.12. The number of hydrogen-bond acceptors (Lipinski definition) is 3. The zero-order chi connectivity index (χ0) is 22.7. The molecule has 1 aliphatic rings. The lowest BCUT2D eigenvalue weighted by molar-refractivity contribution is -0.123. The number of ether oxygens (including phenoxy) is 1. The standard InChI is InChI=1S/C25H20BrClN2O3/c1-16-3-2-4-18(11-16)14-29-24(30)22(28-25(29)31)13-19-12-20(26)7-10-23(19)32-15-17-5-8-21(27)9-6-17/h2-13H,14-15H2,1H3,(H,28,31)/b22-13+. The van der Waals surface area contributed by atoms with E-state index in [1.165, 1.54) is 4.90 Å². The molecule has 1 fully saturated rings. The van der Waals surface area contributed by atoms with E-state index in [9.17, 15) is 9.59 Å². The maximum Gasteiger partial charge on any atom is 0.329 e. The van der Waals surface area contributed by atoms with Gasteiger partial charge in [-0.25, -0.2) is 4.79 Å². The summed E-state index contributed by atoms with van der Waals surface area (Å²) < 4.78 is 6.81. The molecule has 3 aromatic carbocycles. The van der Waals surface area contributed by atoms with Crippen molar-refractivity contribution in [1.29, 1.82) is 0 Å². The molecule has 3 amide bonds. The van der Waals surface area contributed by atoms with Gasteiger partial charge in [-0.1, -0.05) is 69.5 Å². The lowest BCUT2D eigenvalue weighted by Crippen LogP contribution is -2.30. The molecule has 0 saturated carbocycles. The van der Waals surface area contributed by atoms with Crippen molar-refractivity contribution in [2.75, 3.05) is 0 Å². The van der Waals surface area contributed by atoms with Crippen LogP contribution in [-0.2, 0) is 17.9 Å². The van der Waals surface area contributed by atoms with E-state index >= 15 is 0 Å². The molecular weight excluding hydrogens is 492 g/mol. The molecule has 1 heterocycles. The first-order valence-electron chi connectivity index (χ1n) is 9.96. The minimum atomic E-state index is -0.443. The van der Waals surface area contributed by atoms with Gasteiger partial charge in [0, 0.05) is 15.1 Å². The van der Waals surface area contributed by atoms with Gasteiger partial charge in [-0.15, -0.1) is 0 Å². The van der Waals surface area contributed by atoms with E-state index in [4.69, 9.17) is 16.3 Å². The van der Waals surface area contributed by atoms with Crippen LogP contribution in [0.4, 0.5) is 4.79 Å². The molecule has 5 nitrogen and oxygen atoms in total. The Kier molecular flexibility index (Phi) is 6.63. The highest BCUT2D eigenvalue weighted by atomic mass is 79.9. The molecule has 162 valence electrons. The fourth-order valence-corrected chi connectivity index (χ4v) is 3.87. The summed E-state index contributed by atoms with van der Waals surface area (Å²) in [6.45, 7) is 2.52. The van der Waals surface area contributed by atoms with E-state index < -0.39 is 6.03 Å². The first kappa shape index (κ1) is 22.1. The van der Waals surface area contributed by atoms with Crippen molar-refractivity contribution in [3.63, 3.8) is 0 Å². The number of imide groups is 1. The summed E-state index contributed by atoms with van der Waals surface area (Å²) in [5.41, 5.74) is 3.81. The number of nitrogens with zero attached hydrogens (tertiary/aromatic N) is 1. The quantitative estimate of drug-likeness (QED) is 0.322. The molecule has 7 heteroatoms. The maximum absolute atomic E-state index is 12.9. The van der Waals surface area contributed by atoms with E-state index in [1.807, 2.05) is 61.5 Å². The molecule has 0 bridgehead atoms. The van der Waals surface area contributed by atoms with Gasteiger partial charge < -0.3 is 10.1 Å². The van der Waals surface area contributed by atoms with Crippen molar-refractivity contribution in [3.8, 4) is 5.75 Å². The van der Waals surface area contributed by atoms with Crippen molar-refractivity contribution < 1.29 is 14.3 Å². The van der Waals surface area contributed by atoms with Crippen LogP contribution in [0.15, 0.2) is 76.9 Å². The second-order valence-electron chi connectivity index (χ2n) is 7.47. The van der Waals surface area contributed by atoms with E-state index in [0.29, 0.717) is 22.9 Å². The summed E-state index contributed by atoms with van der Waals surface area (Å²) in [6, 6.07) is 20.2. The van der Waals surface area contributed by atoms with Gasteiger partial charge in [-0.05, 0) is 54.5 Å². The van der Waals surface area contributed by atoms with Crippen LogP contribution in [0.25, 0.3) is 6.08 Å². The predicted molar refractivity (Wildman–Crippen MR) is 128 cm³/mol. The fourth-order valence-electron chi connectivity index (χ4n) is 3.37. The van der Waals surface area contributed by atoms with E-state index in [1.54, 1.807) is 18.2 Å². The zero-order valence-electron chi connectivity index (χ0n) is 17.3. The third-order valence-electron chi connectivity index (χ3n) is 4.96. The summed E-state index contributed by atoms with van der Waals surface area (Å²) in [5.74, 6) is 0.218. The largest absolute Gasteiger partial charge is 0.488 e. The van der Waals surface area contributed by atoms with Crippen molar-refractivity contribution in [1.82, 2.24) is 10.2 Å². The number of urea groups is 1. The number of nitrogens with one attached hydrogen (secondary N) is 1. The van der Waals surface area contributed by atoms with Gasteiger partial charge in [-0.3, -0.25) is 9.69 Å². The van der Waals surface area contributed by atoms with Crippen molar-refractivity contribution in [3.05, 3.63) is 104 Å². The number of carbonyl (C=O) groups excluding carboxylic acids is 2. The van der Waals surface area contributed by atoms with E-state index in [2.05, 4.69) is 21.2 Å². The van der Waals surface area contributed by atoms with E-state index in [-0.39, 0.29) is 18.1 Å². The van der Waals surface area contributed by atoms with Crippen LogP contribution < -0.4 is 10.1 Å². The van der Waals surface area contributed by atoms with E-state index in [0.717, 1.165) is 21.2 Å². The molecule has 3 aromatic rings. The van der Waals surface area contributed by atoms with Crippen LogP contribution in [0.3, 0.4) is 0 Å². The van der Waals surface area contributed by atoms with Crippen LogP contribution in [0.5, 0.6) is 5.75 Å². The number of carbonyl (C=O) groups is 2. The Morgan fingerprint density at radius 1 is 1.03 bits per heavy atom. The second kappa shape index (κ2) is 9.59. The average Bonchev–Trinajstić information content (AvgIpc) is 3.02. The van der Waals surface area contributed by atoms with Gasteiger partial charge in [0.1, 0.15) is 18.1 Å². The normalized spacial score (nSPS) is 14.7. The number of halogens is 2. The Morgan fingerprint density at radius 2 is 1.81 bits per heavy atom. The van der Waals surface area contributed by atoms with Gasteiger partial charge in [0.05, 0.1) is 6.54 Å². The molecule has 32 heavy (non-hydrogen) atoms. The fraction of sp³-hybridized carbons (Fsp3) is 0.120. The molecule has 1 saturated heterocycles. The number of aryl methyl sites for hydroxylation is 1. The summed E-state index contributed by atoms with van der Waals surface area (Å²) in [6.07, 6.45) is 1.64. The highest BCUT2D eigenvalue weighted by Crippen LogP contribution is 2.28. The average molecular weight is 512 g/mol. The smallest absolute Gasteiger partial charge is 0.329 e. The highest BCUT2D eigenvalue weighted by Gasteiger charge is 2.33. The van der Waals surface area contributed by atoms with Gasteiger partial charge in [-0.2, -0.15) is 0 Å². The SMILES string of the molecule is Cc1cccc(CN2C(=O)N/C(=C/c3cc(Br)ccc3OCc3ccc(Cl)cc3)C2=O)c1. The molecule has 0 unspecified atom stereocenters. The molecule has 0 aromatic heterocycles. The Bertz CT molecular complexity index is 1210. The topological polar surface area (TPSA) is 58.6 Å². The second-order valence-corrected chi connectivity index (χ2v) is 8.82. The van der Waals surface area contributed by atoms with Gasteiger partial charge in [0.25, 0.3) is 5.91 Å². The van der Waals surface area contributed by atoms with Crippen LogP contribution in [-0.4, -0.2) is 16.8 Å². The summed E-state index contributed by atoms with van der Waals surface area (Å²) >= 11 is 9.40. The molecule has 0 aliphatic carbocycles. The molecule has 0 atom stereocenters. The summed E-state index contributed by atoms with van der Waals surface area (Å²) in [7, 11) is 0. The Balaban J connectivity index is 1.55. The zero-order valence-corrected chi connectivity index (χ0v) is 19.6. The van der Waals surface area contributed by atoms with Crippen LogP contribution in [0.2, 0.25) is 5.02 Å². The number of amides is 3.